The Bertz CT molecular complexity index is 1420. The lowest BCUT2D eigenvalue weighted by molar-refractivity contribution is 0.143. The summed E-state index contributed by atoms with van der Waals surface area (Å²) in [6.45, 7) is 30.4. The number of hydrogen-bond acceptors (Lipinski definition) is 2. The van der Waals surface area contributed by atoms with Crippen molar-refractivity contribution < 1.29 is 5.11 Å². The van der Waals surface area contributed by atoms with Crippen LogP contribution in [0.1, 0.15) is 125 Å². The van der Waals surface area contributed by atoms with E-state index >= 15 is 0 Å². The van der Waals surface area contributed by atoms with E-state index in [9.17, 15) is 5.11 Å². The van der Waals surface area contributed by atoms with Crippen LogP contribution < -0.4 is 0 Å². The number of benzene rings is 2. The molecule has 42 heavy (non-hydrogen) atoms. The van der Waals surface area contributed by atoms with Crippen molar-refractivity contribution >= 4 is 0 Å². The second-order valence-electron chi connectivity index (χ2n) is 16.3. The minimum atomic E-state index is -1.11. The van der Waals surface area contributed by atoms with E-state index in [1.54, 1.807) is 13.8 Å². The molecule has 0 aliphatic heterocycles. The second kappa shape index (κ2) is 11.4. The zero-order chi connectivity index (χ0) is 31.9. The average molecular weight is 562 g/mol. The monoisotopic (exact) mass is 561 g/mol. The molecular formula is C40H51NO. The fourth-order valence-electron chi connectivity index (χ4n) is 4.61. The molecule has 3 rings (SSSR count). The molecule has 0 spiro atoms. The van der Waals surface area contributed by atoms with Gasteiger partial charge in [0, 0.05) is 29.1 Å². The minimum absolute atomic E-state index is 0.0201. The summed E-state index contributed by atoms with van der Waals surface area (Å²) >= 11 is 0. The third kappa shape index (κ3) is 8.37. The highest BCUT2D eigenvalue weighted by atomic mass is 16.3. The van der Waals surface area contributed by atoms with E-state index in [2.05, 4.69) is 143 Å². The molecule has 0 saturated heterocycles. The van der Waals surface area contributed by atoms with Crippen LogP contribution in [0.4, 0.5) is 0 Å². The van der Waals surface area contributed by atoms with Gasteiger partial charge in [-0.3, -0.25) is 4.98 Å². The van der Waals surface area contributed by atoms with Crippen LogP contribution in [0.25, 0.3) is 22.3 Å². The molecule has 0 aliphatic rings. The first-order valence-corrected chi connectivity index (χ1v) is 15.0. The standard InChI is InChI=1S/C40H51NO/c1-36(2,3)29-19-27(20-30(23-29)37(4,5)6)34-25-41-26-35(33(34)17-15-16-18-40(13,14)42)28-21-31(38(7,8)9)24-32(22-28)39(10,11)12/h19-26,42H,1-14H3. The number of nitrogens with zero attached hydrogens (tertiary/aromatic N) is 1. The third-order valence-corrected chi connectivity index (χ3v) is 7.52. The third-order valence-electron chi connectivity index (χ3n) is 7.52. The highest BCUT2D eigenvalue weighted by molar-refractivity contribution is 5.83. The smallest absolute Gasteiger partial charge is 0.120 e. The van der Waals surface area contributed by atoms with Gasteiger partial charge in [-0.2, -0.15) is 0 Å². The Kier molecular flexibility index (Phi) is 9.00. The molecule has 2 aromatic carbocycles. The maximum absolute atomic E-state index is 10.2. The normalized spacial score (nSPS) is 12.7. The van der Waals surface area contributed by atoms with Crippen LogP contribution in [-0.2, 0) is 21.7 Å². The molecular weight excluding hydrogens is 510 g/mol. The first-order valence-electron chi connectivity index (χ1n) is 15.0. The van der Waals surface area contributed by atoms with Crippen molar-refractivity contribution in [3.8, 4) is 45.9 Å². The largest absolute Gasteiger partial charge is 0.378 e. The van der Waals surface area contributed by atoms with Crippen LogP contribution in [0.15, 0.2) is 48.8 Å². The molecule has 0 unspecified atom stereocenters. The Morgan fingerprint density at radius 1 is 0.500 bits per heavy atom. The number of rotatable bonds is 2. The van der Waals surface area contributed by atoms with Gasteiger partial charge in [-0.15, -0.1) is 0 Å². The van der Waals surface area contributed by atoms with Crippen LogP contribution in [-0.4, -0.2) is 15.7 Å². The van der Waals surface area contributed by atoms with Crippen LogP contribution in [0.5, 0.6) is 0 Å². The molecule has 0 atom stereocenters. The van der Waals surface area contributed by atoms with Crippen molar-refractivity contribution in [2.75, 3.05) is 0 Å². The summed E-state index contributed by atoms with van der Waals surface area (Å²) < 4.78 is 0. The molecule has 0 radical (unpaired) electrons. The molecule has 3 aromatic rings. The lowest BCUT2D eigenvalue weighted by atomic mass is 9.77. The summed E-state index contributed by atoms with van der Waals surface area (Å²) in [4.78, 5) is 4.79. The van der Waals surface area contributed by atoms with E-state index in [0.717, 1.165) is 27.8 Å². The van der Waals surface area contributed by atoms with E-state index in [1.807, 2.05) is 12.4 Å². The number of aromatic nitrogens is 1. The number of hydrogen-bond donors (Lipinski definition) is 1. The summed E-state index contributed by atoms with van der Waals surface area (Å²) in [6.07, 6.45) is 3.87. The number of aliphatic hydroxyl groups is 1. The zero-order valence-electron chi connectivity index (χ0n) is 28.5. The summed E-state index contributed by atoms with van der Waals surface area (Å²) in [7, 11) is 0. The van der Waals surface area contributed by atoms with Crippen molar-refractivity contribution in [3.05, 3.63) is 76.6 Å². The first-order chi connectivity index (χ1) is 19.0. The van der Waals surface area contributed by atoms with Crippen molar-refractivity contribution in [2.24, 2.45) is 0 Å². The van der Waals surface area contributed by atoms with Gasteiger partial charge in [-0.1, -0.05) is 131 Å². The molecule has 1 N–H and O–H groups in total. The summed E-state index contributed by atoms with van der Waals surface area (Å²) in [5.74, 6) is 12.2. The first kappa shape index (κ1) is 33.2. The predicted molar refractivity (Wildman–Crippen MR) is 181 cm³/mol. The van der Waals surface area contributed by atoms with Crippen LogP contribution in [0, 0.1) is 23.7 Å². The predicted octanol–water partition coefficient (Wildman–Crippen LogP) is 9.73. The molecule has 0 bridgehead atoms. The summed E-state index contributed by atoms with van der Waals surface area (Å²) in [5, 5.41) is 10.2. The topological polar surface area (TPSA) is 33.1 Å². The Morgan fingerprint density at radius 2 is 0.833 bits per heavy atom. The fraction of sp³-hybridized carbons (Fsp3) is 0.475. The van der Waals surface area contributed by atoms with Gasteiger partial charge < -0.3 is 5.11 Å². The van der Waals surface area contributed by atoms with Gasteiger partial charge in [0.2, 0.25) is 0 Å². The van der Waals surface area contributed by atoms with Gasteiger partial charge in [0.05, 0.1) is 0 Å². The molecule has 1 heterocycles. The molecule has 0 saturated carbocycles. The van der Waals surface area contributed by atoms with Crippen LogP contribution in [0.2, 0.25) is 0 Å². The Balaban J connectivity index is 2.47. The lowest BCUT2D eigenvalue weighted by Crippen LogP contribution is -2.17. The van der Waals surface area contributed by atoms with Gasteiger partial charge in [-0.05, 0) is 80.7 Å². The van der Waals surface area contributed by atoms with E-state index in [1.165, 1.54) is 22.3 Å². The van der Waals surface area contributed by atoms with E-state index in [-0.39, 0.29) is 21.7 Å². The summed E-state index contributed by atoms with van der Waals surface area (Å²) in [5.41, 5.74) is 9.00. The Morgan fingerprint density at radius 3 is 1.12 bits per heavy atom. The Labute approximate surface area is 256 Å². The molecule has 0 amide bonds. The molecule has 1 aromatic heterocycles. The SMILES string of the molecule is CC(C)(O)C#CC#Cc1c(-c2cc(C(C)(C)C)cc(C(C)(C)C)c2)cncc1-c1cc(C(C)(C)C)cc(C(C)(C)C)c1. The van der Waals surface area contributed by atoms with Crippen molar-refractivity contribution in [3.63, 3.8) is 0 Å². The molecule has 2 nitrogen and oxygen atoms in total. The van der Waals surface area contributed by atoms with Crippen molar-refractivity contribution in [2.45, 2.75) is 124 Å². The number of pyridine rings is 1. The quantitative estimate of drug-likeness (QED) is 0.316. The highest BCUT2D eigenvalue weighted by Gasteiger charge is 2.24. The van der Waals surface area contributed by atoms with Crippen molar-refractivity contribution in [1.82, 2.24) is 4.98 Å². The molecule has 2 heteroatoms. The highest BCUT2D eigenvalue weighted by Crippen LogP contribution is 2.39. The van der Waals surface area contributed by atoms with Crippen molar-refractivity contribution in [1.29, 1.82) is 0 Å². The average Bonchev–Trinajstić information content (AvgIpc) is 2.83. The van der Waals surface area contributed by atoms with E-state index < -0.39 is 5.60 Å². The summed E-state index contributed by atoms with van der Waals surface area (Å²) in [6, 6.07) is 13.8. The van der Waals surface area contributed by atoms with Crippen LogP contribution >= 0.6 is 0 Å². The van der Waals surface area contributed by atoms with Gasteiger partial charge in [0.15, 0.2) is 0 Å². The van der Waals surface area contributed by atoms with Gasteiger partial charge in [0.25, 0.3) is 0 Å². The van der Waals surface area contributed by atoms with E-state index in [0.29, 0.717) is 0 Å². The molecule has 0 fully saturated rings. The minimum Gasteiger partial charge on any atom is -0.378 e. The van der Waals surface area contributed by atoms with Gasteiger partial charge >= 0.3 is 0 Å². The van der Waals surface area contributed by atoms with E-state index in [4.69, 9.17) is 4.98 Å². The van der Waals surface area contributed by atoms with Crippen LogP contribution in [0.3, 0.4) is 0 Å². The maximum atomic E-state index is 10.2. The lowest BCUT2D eigenvalue weighted by Gasteiger charge is -2.27. The molecule has 222 valence electrons. The maximum Gasteiger partial charge on any atom is 0.120 e. The zero-order valence-corrected chi connectivity index (χ0v) is 28.5. The second-order valence-corrected chi connectivity index (χ2v) is 16.3. The fourth-order valence-corrected chi connectivity index (χ4v) is 4.61. The van der Waals surface area contributed by atoms with Gasteiger partial charge in [-0.25, -0.2) is 0 Å². The Hall–Kier alpha value is -3.33. The molecule has 0 aliphatic carbocycles. The van der Waals surface area contributed by atoms with Gasteiger partial charge in [0.1, 0.15) is 5.60 Å².